The molecule has 0 N–H and O–H groups in total. The molecule has 0 atom stereocenters. The minimum atomic E-state index is -2.96. The maximum atomic E-state index is 11.2. The van der Waals surface area contributed by atoms with E-state index in [0.29, 0.717) is 24.1 Å². The van der Waals surface area contributed by atoms with E-state index >= 15 is 0 Å². The van der Waals surface area contributed by atoms with Gasteiger partial charge in [-0.1, -0.05) is 11.6 Å². The van der Waals surface area contributed by atoms with Crippen LogP contribution in [0.3, 0.4) is 0 Å². The highest BCUT2D eigenvalue weighted by atomic mass is 35.5. The molecule has 0 aliphatic rings. The van der Waals surface area contributed by atoms with Crippen LogP contribution in [0.15, 0.2) is 0 Å². The van der Waals surface area contributed by atoms with Crippen LogP contribution in [0.4, 0.5) is 0 Å². The van der Waals surface area contributed by atoms with E-state index in [2.05, 4.69) is 9.97 Å². The number of halogens is 1. The first kappa shape index (κ1) is 16.6. The molecule has 0 amide bonds. The minimum Gasteiger partial charge on any atom is -0.298 e. The lowest BCUT2D eigenvalue weighted by Gasteiger charge is -2.15. The molecule has 2 rings (SSSR count). The number of hydrogen-bond acceptors (Lipinski definition) is 6. The summed E-state index contributed by atoms with van der Waals surface area (Å²) < 4.78 is 22.4. The number of rotatable bonds is 5. The lowest BCUT2D eigenvalue weighted by atomic mass is 10.2. The summed E-state index contributed by atoms with van der Waals surface area (Å²) in [6, 6.07) is 0. The van der Waals surface area contributed by atoms with Crippen molar-refractivity contribution < 1.29 is 8.42 Å². The summed E-state index contributed by atoms with van der Waals surface area (Å²) in [5.74, 6) is 0.737. The van der Waals surface area contributed by atoms with Gasteiger partial charge in [0.25, 0.3) is 0 Å². The molecule has 21 heavy (non-hydrogen) atoms. The van der Waals surface area contributed by atoms with Crippen LogP contribution < -0.4 is 0 Å². The zero-order valence-corrected chi connectivity index (χ0v) is 14.9. The fraction of sp³-hybridized carbons (Fsp3) is 0.538. The van der Waals surface area contributed by atoms with Crippen LogP contribution in [0.5, 0.6) is 0 Å². The van der Waals surface area contributed by atoms with Gasteiger partial charge < -0.3 is 0 Å². The Morgan fingerprint density at radius 1 is 1.29 bits per heavy atom. The molecule has 0 saturated heterocycles. The van der Waals surface area contributed by atoms with Gasteiger partial charge in [0, 0.05) is 17.7 Å². The molecule has 0 aliphatic carbocycles. The molecule has 0 fully saturated rings. The highest BCUT2D eigenvalue weighted by molar-refractivity contribution is 7.90. The van der Waals surface area contributed by atoms with Gasteiger partial charge in [0.2, 0.25) is 0 Å². The first-order chi connectivity index (χ1) is 9.67. The van der Waals surface area contributed by atoms with Crippen LogP contribution in [0.1, 0.15) is 16.3 Å². The fourth-order valence-corrected chi connectivity index (χ4v) is 4.03. The van der Waals surface area contributed by atoms with Gasteiger partial charge in [-0.05, 0) is 26.5 Å². The maximum absolute atomic E-state index is 11.2. The molecule has 0 saturated carbocycles. The Kier molecular flexibility index (Phi) is 4.87. The summed E-state index contributed by atoms with van der Waals surface area (Å²) in [6.45, 7) is 4.97. The number of hydrogen-bond donors (Lipinski definition) is 0. The Labute approximate surface area is 133 Å². The van der Waals surface area contributed by atoms with E-state index in [-0.39, 0.29) is 5.75 Å². The normalized spacial score (nSPS) is 12.5. The molecule has 0 spiro atoms. The molecular formula is C13H18ClN3O2S2. The average molecular weight is 348 g/mol. The van der Waals surface area contributed by atoms with E-state index in [1.165, 1.54) is 11.1 Å². The van der Waals surface area contributed by atoms with E-state index in [4.69, 9.17) is 11.6 Å². The second-order valence-electron chi connectivity index (χ2n) is 5.26. The molecule has 0 unspecified atom stereocenters. The van der Waals surface area contributed by atoms with Crippen molar-refractivity contribution in [2.45, 2.75) is 20.4 Å². The first-order valence-corrected chi connectivity index (χ1v) is 9.71. The molecule has 5 nitrogen and oxygen atoms in total. The summed E-state index contributed by atoms with van der Waals surface area (Å²) in [6.07, 6.45) is 1.23. The number of aryl methyl sites for hydroxylation is 2. The van der Waals surface area contributed by atoms with Gasteiger partial charge in [0.15, 0.2) is 0 Å². The van der Waals surface area contributed by atoms with E-state index in [0.717, 1.165) is 15.8 Å². The summed E-state index contributed by atoms with van der Waals surface area (Å²) in [7, 11) is -1.12. The molecule has 0 radical (unpaired) electrons. The third-order valence-corrected chi connectivity index (χ3v) is 5.58. The van der Waals surface area contributed by atoms with Crippen molar-refractivity contribution in [2.75, 3.05) is 25.6 Å². The van der Waals surface area contributed by atoms with Gasteiger partial charge >= 0.3 is 0 Å². The number of nitrogens with zero attached hydrogens (tertiary/aromatic N) is 3. The number of sulfone groups is 1. The maximum Gasteiger partial charge on any atom is 0.148 e. The molecule has 2 aromatic heterocycles. The zero-order valence-electron chi connectivity index (χ0n) is 12.5. The molecule has 116 valence electrons. The Morgan fingerprint density at radius 3 is 2.57 bits per heavy atom. The first-order valence-electron chi connectivity index (χ1n) is 6.46. The second kappa shape index (κ2) is 6.16. The molecule has 8 heteroatoms. The second-order valence-corrected chi connectivity index (χ2v) is 9.08. The van der Waals surface area contributed by atoms with Crippen molar-refractivity contribution in [2.24, 2.45) is 0 Å². The van der Waals surface area contributed by atoms with Gasteiger partial charge in [-0.2, -0.15) is 0 Å². The molecule has 0 bridgehead atoms. The lowest BCUT2D eigenvalue weighted by molar-refractivity contribution is 0.337. The van der Waals surface area contributed by atoms with Gasteiger partial charge in [0.05, 0.1) is 17.7 Å². The largest absolute Gasteiger partial charge is 0.298 e. The number of fused-ring (bicyclic) bond motifs is 1. The Bertz CT molecular complexity index is 771. The van der Waals surface area contributed by atoms with Crippen LogP contribution in [-0.2, 0) is 16.4 Å². The summed E-state index contributed by atoms with van der Waals surface area (Å²) in [5, 5.41) is 1.38. The Balaban J connectivity index is 2.19. The Morgan fingerprint density at radius 2 is 1.95 bits per heavy atom. The minimum absolute atomic E-state index is 0.122. The monoisotopic (exact) mass is 347 g/mol. The van der Waals surface area contributed by atoms with Gasteiger partial charge in [-0.25, -0.2) is 18.4 Å². The van der Waals surface area contributed by atoms with Crippen LogP contribution >= 0.6 is 22.9 Å². The zero-order chi connectivity index (χ0) is 15.8. The third-order valence-electron chi connectivity index (χ3n) is 3.29. The molecule has 2 aromatic rings. The van der Waals surface area contributed by atoms with Crippen molar-refractivity contribution in [1.82, 2.24) is 14.9 Å². The lowest BCUT2D eigenvalue weighted by Crippen LogP contribution is -2.25. The predicted molar refractivity (Wildman–Crippen MR) is 87.9 cm³/mol. The van der Waals surface area contributed by atoms with Crippen molar-refractivity contribution in [1.29, 1.82) is 0 Å². The van der Waals surface area contributed by atoms with Crippen LogP contribution in [-0.4, -0.2) is 48.9 Å². The molecule has 0 aromatic carbocycles. The van der Waals surface area contributed by atoms with E-state index in [1.54, 1.807) is 11.3 Å². The van der Waals surface area contributed by atoms with Crippen LogP contribution in [0.25, 0.3) is 10.2 Å². The fourth-order valence-electron chi connectivity index (χ4n) is 1.95. The van der Waals surface area contributed by atoms with E-state index < -0.39 is 9.84 Å². The van der Waals surface area contributed by atoms with Crippen molar-refractivity contribution in [3.05, 3.63) is 21.4 Å². The molecule has 2 heterocycles. The highest BCUT2D eigenvalue weighted by Crippen LogP contribution is 2.32. The van der Waals surface area contributed by atoms with Gasteiger partial charge in [-0.15, -0.1) is 11.3 Å². The van der Waals surface area contributed by atoms with Crippen molar-refractivity contribution >= 4 is 43.0 Å². The average Bonchev–Trinajstić information content (AvgIpc) is 2.62. The van der Waals surface area contributed by atoms with Crippen molar-refractivity contribution in [3.63, 3.8) is 0 Å². The summed E-state index contributed by atoms with van der Waals surface area (Å²) in [4.78, 5) is 12.8. The van der Waals surface area contributed by atoms with E-state index in [1.807, 2.05) is 25.8 Å². The smallest absolute Gasteiger partial charge is 0.148 e. The highest BCUT2D eigenvalue weighted by Gasteiger charge is 2.14. The van der Waals surface area contributed by atoms with Crippen LogP contribution in [0.2, 0.25) is 5.15 Å². The predicted octanol–water partition coefficient (Wildman–Crippen LogP) is 2.44. The summed E-state index contributed by atoms with van der Waals surface area (Å²) in [5.41, 5.74) is 1.12. The third kappa shape index (κ3) is 4.12. The number of thiophene rings is 1. The SMILES string of the molecule is Cc1sc2nc(CN(C)CCS(C)(=O)=O)nc(Cl)c2c1C. The standard InChI is InChI=1S/C13H18ClN3O2S2/c1-8-9(2)20-13-11(8)12(14)15-10(16-13)7-17(3)5-6-21(4,18)19/h5-7H2,1-4H3. The van der Waals surface area contributed by atoms with Gasteiger partial charge in [-0.3, -0.25) is 4.90 Å². The topological polar surface area (TPSA) is 63.2 Å². The van der Waals surface area contributed by atoms with Gasteiger partial charge in [0.1, 0.15) is 25.6 Å². The Hall–Kier alpha value is -0.760. The van der Waals surface area contributed by atoms with Crippen molar-refractivity contribution in [3.8, 4) is 0 Å². The molecule has 0 aliphatic heterocycles. The van der Waals surface area contributed by atoms with E-state index in [9.17, 15) is 8.42 Å². The quantitative estimate of drug-likeness (QED) is 0.777. The molecular weight excluding hydrogens is 330 g/mol. The van der Waals surface area contributed by atoms with Crippen LogP contribution in [0, 0.1) is 13.8 Å². The number of aromatic nitrogens is 2. The summed E-state index contributed by atoms with van der Waals surface area (Å²) >= 11 is 7.86.